The third-order valence-corrected chi connectivity index (χ3v) is 7.30. The van der Waals surface area contributed by atoms with E-state index in [4.69, 9.17) is 10.8 Å². The highest BCUT2D eigenvalue weighted by molar-refractivity contribution is 5.94. The predicted molar refractivity (Wildman–Crippen MR) is 159 cm³/mol. The van der Waals surface area contributed by atoms with Gasteiger partial charge in [0.05, 0.1) is 24.4 Å². The van der Waals surface area contributed by atoms with Gasteiger partial charge in [-0.1, -0.05) is 66.7 Å². The molecular formula is C32H31F2N7. The zero-order valence-electron chi connectivity index (χ0n) is 22.6. The number of hydrogen-bond acceptors (Lipinski definition) is 5. The standard InChI is InChI=1S/C32H31F2N7/c33-13-4-15-39(16-14-34)19-24-7-9-25(10-8-24)30-18-28(31-32(35)36-22-37-41(30)31)26-11-12-27-21-40(38-29(27)17-26)20-23-5-2-1-3-6-23/h1-3,5-12,17-18,21-22H,4,13-16,19-20H2,(H2,35,36,37). The first kappa shape index (κ1) is 26.6. The summed E-state index contributed by atoms with van der Waals surface area (Å²) in [4.78, 5) is 6.20. The predicted octanol–water partition coefficient (Wildman–Crippen LogP) is 6.17. The second-order valence-corrected chi connectivity index (χ2v) is 10.1. The molecule has 0 unspecified atom stereocenters. The normalized spacial score (nSPS) is 11.7. The van der Waals surface area contributed by atoms with Gasteiger partial charge in [-0.3, -0.25) is 14.0 Å². The second-order valence-electron chi connectivity index (χ2n) is 10.1. The molecule has 0 saturated heterocycles. The van der Waals surface area contributed by atoms with E-state index in [0.29, 0.717) is 38.4 Å². The van der Waals surface area contributed by atoms with E-state index in [2.05, 4.69) is 52.7 Å². The summed E-state index contributed by atoms with van der Waals surface area (Å²) in [7, 11) is 0. The van der Waals surface area contributed by atoms with Crippen LogP contribution >= 0.6 is 0 Å². The molecule has 208 valence electrons. The lowest BCUT2D eigenvalue weighted by Crippen LogP contribution is -2.27. The fourth-order valence-corrected chi connectivity index (χ4v) is 5.29. The number of benzene rings is 3. The van der Waals surface area contributed by atoms with Crippen LogP contribution in [0.3, 0.4) is 0 Å². The van der Waals surface area contributed by atoms with Crippen molar-refractivity contribution in [2.75, 3.05) is 32.2 Å². The Morgan fingerprint density at radius 1 is 0.829 bits per heavy atom. The number of nitrogens with two attached hydrogens (primary N) is 1. The SMILES string of the molecule is Nc1ncnn2c(-c3ccc(CN(CCF)CCCF)cc3)cc(-c3ccc4cn(Cc5ccccc5)nc4c3)c12. The van der Waals surface area contributed by atoms with Crippen molar-refractivity contribution in [3.8, 4) is 22.4 Å². The quantitative estimate of drug-likeness (QED) is 0.208. The Morgan fingerprint density at radius 2 is 1.63 bits per heavy atom. The summed E-state index contributed by atoms with van der Waals surface area (Å²) in [5, 5.41) is 10.4. The van der Waals surface area contributed by atoms with Crippen LogP contribution in [0.25, 0.3) is 38.8 Å². The lowest BCUT2D eigenvalue weighted by molar-refractivity contribution is 0.229. The van der Waals surface area contributed by atoms with Crippen LogP contribution in [0.5, 0.6) is 0 Å². The Balaban J connectivity index is 1.33. The molecule has 0 aliphatic heterocycles. The summed E-state index contributed by atoms with van der Waals surface area (Å²) in [6.45, 7) is 1.22. The molecule has 0 fully saturated rings. The van der Waals surface area contributed by atoms with Crippen LogP contribution in [0.2, 0.25) is 0 Å². The third-order valence-electron chi connectivity index (χ3n) is 7.30. The van der Waals surface area contributed by atoms with Crippen molar-refractivity contribution < 1.29 is 8.78 Å². The lowest BCUT2D eigenvalue weighted by Gasteiger charge is -2.20. The van der Waals surface area contributed by atoms with Crippen LogP contribution < -0.4 is 5.73 Å². The first-order valence-corrected chi connectivity index (χ1v) is 13.7. The van der Waals surface area contributed by atoms with Gasteiger partial charge in [-0.25, -0.2) is 13.9 Å². The number of fused-ring (bicyclic) bond motifs is 2. The molecule has 6 rings (SSSR count). The van der Waals surface area contributed by atoms with Crippen LogP contribution in [0.4, 0.5) is 14.6 Å². The van der Waals surface area contributed by atoms with Gasteiger partial charge in [-0.15, -0.1) is 0 Å². The van der Waals surface area contributed by atoms with Gasteiger partial charge in [-0.05, 0) is 35.2 Å². The minimum atomic E-state index is -0.455. The number of nitrogens with zero attached hydrogens (tertiary/aromatic N) is 6. The average molecular weight is 552 g/mol. The summed E-state index contributed by atoms with van der Waals surface area (Å²) in [6, 6.07) is 26.6. The Labute approximate surface area is 236 Å². The minimum absolute atomic E-state index is 0.291. The highest BCUT2D eigenvalue weighted by atomic mass is 19.1. The van der Waals surface area contributed by atoms with Gasteiger partial charge in [0.2, 0.25) is 0 Å². The van der Waals surface area contributed by atoms with Crippen LogP contribution in [0.15, 0.2) is 91.4 Å². The van der Waals surface area contributed by atoms with Crippen molar-refractivity contribution in [2.24, 2.45) is 0 Å². The highest BCUT2D eigenvalue weighted by Crippen LogP contribution is 2.35. The number of anilines is 1. The molecule has 41 heavy (non-hydrogen) atoms. The van der Waals surface area contributed by atoms with E-state index in [1.165, 1.54) is 11.9 Å². The van der Waals surface area contributed by atoms with E-state index in [1.54, 1.807) is 0 Å². The molecule has 7 nitrogen and oxygen atoms in total. The zero-order chi connectivity index (χ0) is 28.2. The third kappa shape index (κ3) is 5.67. The van der Waals surface area contributed by atoms with Crippen molar-refractivity contribution in [3.63, 3.8) is 0 Å². The first-order chi connectivity index (χ1) is 20.1. The Morgan fingerprint density at radius 3 is 2.41 bits per heavy atom. The maximum atomic E-state index is 13.0. The number of alkyl halides is 2. The van der Waals surface area contributed by atoms with Crippen molar-refractivity contribution in [1.82, 2.24) is 29.3 Å². The largest absolute Gasteiger partial charge is 0.382 e. The summed E-state index contributed by atoms with van der Waals surface area (Å²) in [5.41, 5.74) is 14.0. The number of hydrogen-bond donors (Lipinski definition) is 1. The Bertz CT molecular complexity index is 1760. The van der Waals surface area contributed by atoms with Gasteiger partial charge in [-0.2, -0.15) is 10.2 Å². The Hall–Kier alpha value is -4.63. The van der Waals surface area contributed by atoms with E-state index < -0.39 is 13.3 Å². The van der Waals surface area contributed by atoms with Crippen LogP contribution in [0.1, 0.15) is 17.5 Å². The highest BCUT2D eigenvalue weighted by Gasteiger charge is 2.17. The maximum absolute atomic E-state index is 13.0. The van der Waals surface area contributed by atoms with Gasteiger partial charge in [0.1, 0.15) is 18.5 Å². The van der Waals surface area contributed by atoms with Crippen molar-refractivity contribution >= 4 is 22.2 Å². The molecule has 0 saturated carbocycles. The van der Waals surface area contributed by atoms with E-state index >= 15 is 0 Å². The molecule has 0 radical (unpaired) electrons. The molecule has 0 aliphatic rings. The topological polar surface area (TPSA) is 77.3 Å². The average Bonchev–Trinajstić information content (AvgIpc) is 3.58. The molecule has 0 amide bonds. The molecule has 0 bridgehead atoms. The lowest BCUT2D eigenvalue weighted by atomic mass is 10.0. The number of aromatic nitrogens is 5. The summed E-state index contributed by atoms with van der Waals surface area (Å²) in [5.74, 6) is 0.391. The van der Waals surface area contributed by atoms with Gasteiger partial charge in [0.25, 0.3) is 0 Å². The van der Waals surface area contributed by atoms with E-state index in [-0.39, 0.29) is 0 Å². The van der Waals surface area contributed by atoms with Gasteiger partial charge in [0, 0.05) is 42.3 Å². The zero-order valence-corrected chi connectivity index (χ0v) is 22.6. The van der Waals surface area contributed by atoms with Crippen LogP contribution in [-0.4, -0.2) is 55.7 Å². The molecule has 6 aromatic rings. The molecule has 3 aromatic heterocycles. The molecule has 0 atom stereocenters. The van der Waals surface area contributed by atoms with Crippen LogP contribution in [0, 0.1) is 0 Å². The second kappa shape index (κ2) is 11.9. The van der Waals surface area contributed by atoms with Crippen LogP contribution in [-0.2, 0) is 13.1 Å². The van der Waals surface area contributed by atoms with Crippen molar-refractivity contribution in [1.29, 1.82) is 0 Å². The fraction of sp³-hybridized carbons (Fsp3) is 0.219. The maximum Gasteiger partial charge on any atom is 0.152 e. The van der Waals surface area contributed by atoms with E-state index in [1.807, 2.05) is 56.6 Å². The Kier molecular flexibility index (Phi) is 7.69. The molecule has 0 aliphatic carbocycles. The smallest absolute Gasteiger partial charge is 0.152 e. The molecular weight excluding hydrogens is 520 g/mol. The van der Waals surface area contributed by atoms with Gasteiger partial charge < -0.3 is 5.73 Å². The van der Waals surface area contributed by atoms with Crippen molar-refractivity contribution in [3.05, 3.63) is 103 Å². The molecule has 3 aromatic carbocycles. The number of nitrogen functional groups attached to an aromatic ring is 1. The molecule has 0 spiro atoms. The fourth-order valence-electron chi connectivity index (χ4n) is 5.29. The van der Waals surface area contributed by atoms with Gasteiger partial charge in [0.15, 0.2) is 5.82 Å². The summed E-state index contributed by atoms with van der Waals surface area (Å²) in [6.07, 6.45) is 3.91. The summed E-state index contributed by atoms with van der Waals surface area (Å²) >= 11 is 0. The monoisotopic (exact) mass is 551 g/mol. The molecule has 2 N–H and O–H groups in total. The molecule has 3 heterocycles. The molecule has 9 heteroatoms. The van der Waals surface area contributed by atoms with Crippen molar-refractivity contribution in [2.45, 2.75) is 19.5 Å². The van der Waals surface area contributed by atoms with Gasteiger partial charge >= 0.3 is 0 Å². The number of halogens is 2. The van der Waals surface area contributed by atoms with E-state index in [9.17, 15) is 8.78 Å². The van der Waals surface area contributed by atoms with E-state index in [0.717, 1.165) is 44.4 Å². The minimum Gasteiger partial charge on any atom is -0.382 e. The summed E-state index contributed by atoms with van der Waals surface area (Å²) < 4.78 is 29.4. The number of rotatable bonds is 11. The first-order valence-electron chi connectivity index (χ1n) is 13.7.